The molecule has 9 heteroatoms. The van der Waals surface area contributed by atoms with Crippen molar-refractivity contribution in [2.45, 2.75) is 77.5 Å². The molecule has 0 aliphatic carbocycles. The van der Waals surface area contributed by atoms with E-state index in [1.54, 1.807) is 0 Å². The zero-order valence-corrected chi connectivity index (χ0v) is 18.8. The predicted octanol–water partition coefficient (Wildman–Crippen LogP) is 2.13. The van der Waals surface area contributed by atoms with E-state index in [9.17, 15) is 19.2 Å². The van der Waals surface area contributed by atoms with Crippen LogP contribution >= 0.6 is 0 Å². The van der Waals surface area contributed by atoms with Crippen LogP contribution in [0.4, 0.5) is 0 Å². The van der Waals surface area contributed by atoms with Gasteiger partial charge in [0.15, 0.2) is 18.3 Å². The fraction of sp³-hybridized carbons (Fsp3) is 0.565. The van der Waals surface area contributed by atoms with E-state index < -0.39 is 54.4 Å². The first-order valence-electron chi connectivity index (χ1n) is 10.5. The van der Waals surface area contributed by atoms with E-state index in [4.69, 9.17) is 23.7 Å². The highest BCUT2D eigenvalue weighted by atomic mass is 16.7. The summed E-state index contributed by atoms with van der Waals surface area (Å²) >= 11 is 0. The Morgan fingerprint density at radius 2 is 1.28 bits per heavy atom. The number of esters is 4. The largest absolute Gasteiger partial charge is 0.463 e. The summed E-state index contributed by atoms with van der Waals surface area (Å²) in [7, 11) is 0. The Morgan fingerprint density at radius 3 is 1.81 bits per heavy atom. The van der Waals surface area contributed by atoms with E-state index >= 15 is 0 Å². The van der Waals surface area contributed by atoms with Crippen molar-refractivity contribution in [2.75, 3.05) is 6.61 Å². The number of hydrogen-bond acceptors (Lipinski definition) is 9. The van der Waals surface area contributed by atoms with Gasteiger partial charge in [0.05, 0.1) is 6.10 Å². The van der Waals surface area contributed by atoms with Gasteiger partial charge in [-0.1, -0.05) is 30.3 Å². The molecule has 1 aliphatic heterocycles. The summed E-state index contributed by atoms with van der Waals surface area (Å²) in [4.78, 5) is 46.7. The third kappa shape index (κ3) is 7.96. The second-order valence-corrected chi connectivity index (χ2v) is 7.62. The number of hydrogen-bond donors (Lipinski definition) is 0. The normalized spacial score (nSPS) is 24.8. The summed E-state index contributed by atoms with van der Waals surface area (Å²) in [5.74, 6) is -2.42. The van der Waals surface area contributed by atoms with Crippen molar-refractivity contribution in [2.24, 2.45) is 0 Å². The maximum absolute atomic E-state index is 11.8. The third-order valence-corrected chi connectivity index (χ3v) is 4.88. The number of benzene rings is 1. The minimum absolute atomic E-state index is 0.215. The van der Waals surface area contributed by atoms with Crippen LogP contribution in [0.15, 0.2) is 30.3 Å². The first kappa shape index (κ1) is 25.3. The highest BCUT2D eigenvalue weighted by Crippen LogP contribution is 2.31. The van der Waals surface area contributed by atoms with Crippen LogP contribution in [0.3, 0.4) is 0 Å². The van der Waals surface area contributed by atoms with E-state index in [-0.39, 0.29) is 6.61 Å². The van der Waals surface area contributed by atoms with E-state index in [2.05, 4.69) is 0 Å². The lowest BCUT2D eigenvalue weighted by Crippen LogP contribution is -2.62. The molecule has 1 fully saturated rings. The molecular formula is C23H30O9. The number of aryl methyl sites for hydroxylation is 1. The highest BCUT2D eigenvalue weighted by Gasteiger charge is 2.51. The molecule has 0 N–H and O–H groups in total. The molecule has 0 bridgehead atoms. The number of ether oxygens (including phenoxy) is 5. The summed E-state index contributed by atoms with van der Waals surface area (Å²) in [5.41, 5.74) is 1.14. The maximum atomic E-state index is 11.8. The molecule has 0 radical (unpaired) electrons. The Balaban J connectivity index is 2.28. The smallest absolute Gasteiger partial charge is 0.303 e. The summed E-state index contributed by atoms with van der Waals surface area (Å²) in [6.45, 7) is 4.66. The fourth-order valence-electron chi connectivity index (χ4n) is 3.70. The van der Waals surface area contributed by atoms with Gasteiger partial charge in [-0.05, 0) is 24.8 Å². The average molecular weight is 450 g/mol. The average Bonchev–Trinajstić information content (AvgIpc) is 2.70. The summed E-state index contributed by atoms with van der Waals surface area (Å²) in [6.07, 6.45) is -2.88. The summed E-state index contributed by atoms with van der Waals surface area (Å²) < 4.78 is 27.4. The van der Waals surface area contributed by atoms with Gasteiger partial charge >= 0.3 is 23.9 Å². The van der Waals surface area contributed by atoms with E-state index in [1.807, 2.05) is 30.3 Å². The minimum Gasteiger partial charge on any atom is -0.463 e. The Hall–Kier alpha value is -2.94. The molecule has 1 heterocycles. The maximum Gasteiger partial charge on any atom is 0.303 e. The molecule has 1 aromatic rings. The standard InChI is InChI=1S/C23H30O9/c1-14(24)28-13-20-22(30-16(3)26)23(31-17(4)27)21(29-15(2)25)19(32-20)12-8-11-18-9-6-5-7-10-18/h5-7,9-10,19-23H,8,11-13H2,1-4H3/t19-,20+,21-,22+,23+/m0/s1. The lowest BCUT2D eigenvalue weighted by molar-refractivity contribution is -0.253. The molecule has 176 valence electrons. The van der Waals surface area contributed by atoms with Crippen molar-refractivity contribution in [3.05, 3.63) is 35.9 Å². The molecular weight excluding hydrogens is 420 g/mol. The molecule has 0 spiro atoms. The molecule has 5 atom stereocenters. The second-order valence-electron chi connectivity index (χ2n) is 7.62. The van der Waals surface area contributed by atoms with Crippen molar-refractivity contribution in [3.8, 4) is 0 Å². The van der Waals surface area contributed by atoms with Gasteiger partial charge in [-0.2, -0.15) is 0 Å². The van der Waals surface area contributed by atoms with Crippen molar-refractivity contribution in [3.63, 3.8) is 0 Å². The van der Waals surface area contributed by atoms with Gasteiger partial charge in [0.1, 0.15) is 12.7 Å². The Labute approximate surface area is 187 Å². The van der Waals surface area contributed by atoms with Crippen molar-refractivity contribution in [1.29, 1.82) is 0 Å². The van der Waals surface area contributed by atoms with Gasteiger partial charge in [-0.15, -0.1) is 0 Å². The molecule has 1 aliphatic rings. The van der Waals surface area contributed by atoms with Gasteiger partial charge in [-0.3, -0.25) is 19.2 Å². The monoisotopic (exact) mass is 450 g/mol. The lowest BCUT2D eigenvalue weighted by atomic mass is 9.91. The molecule has 2 rings (SSSR count). The highest BCUT2D eigenvalue weighted by molar-refractivity contribution is 5.68. The molecule has 0 saturated carbocycles. The Morgan fingerprint density at radius 1 is 0.750 bits per heavy atom. The molecule has 1 aromatic carbocycles. The minimum atomic E-state index is -1.12. The van der Waals surface area contributed by atoms with Crippen LogP contribution in [0.2, 0.25) is 0 Å². The summed E-state index contributed by atoms with van der Waals surface area (Å²) in [6, 6.07) is 9.84. The van der Waals surface area contributed by atoms with E-state index in [1.165, 1.54) is 27.7 Å². The number of rotatable bonds is 9. The fourth-order valence-corrected chi connectivity index (χ4v) is 3.70. The Kier molecular flexibility index (Phi) is 9.64. The molecule has 1 saturated heterocycles. The zero-order chi connectivity index (χ0) is 23.7. The van der Waals surface area contributed by atoms with Crippen LogP contribution in [0.25, 0.3) is 0 Å². The second kappa shape index (κ2) is 12.2. The quantitative estimate of drug-likeness (QED) is 0.412. The topological polar surface area (TPSA) is 114 Å². The van der Waals surface area contributed by atoms with Gasteiger partial charge in [0.2, 0.25) is 0 Å². The van der Waals surface area contributed by atoms with Crippen LogP contribution in [0.5, 0.6) is 0 Å². The lowest BCUT2D eigenvalue weighted by Gasteiger charge is -2.44. The SMILES string of the molecule is CC(=O)OC[C@H]1O[C@@H](CCCc2ccccc2)[C@H](OC(C)=O)[C@@H](OC(C)=O)[C@@H]1OC(C)=O. The van der Waals surface area contributed by atoms with Crippen LogP contribution in [0, 0.1) is 0 Å². The van der Waals surface area contributed by atoms with Crippen molar-refractivity contribution in [1.82, 2.24) is 0 Å². The summed E-state index contributed by atoms with van der Waals surface area (Å²) in [5, 5.41) is 0. The van der Waals surface area contributed by atoms with Crippen molar-refractivity contribution < 1.29 is 42.9 Å². The van der Waals surface area contributed by atoms with Gasteiger partial charge in [0.25, 0.3) is 0 Å². The molecule has 0 amide bonds. The number of carbonyl (C=O) groups is 4. The molecule has 32 heavy (non-hydrogen) atoms. The first-order chi connectivity index (χ1) is 15.2. The first-order valence-corrected chi connectivity index (χ1v) is 10.5. The van der Waals surface area contributed by atoms with Crippen LogP contribution < -0.4 is 0 Å². The van der Waals surface area contributed by atoms with Gasteiger partial charge in [-0.25, -0.2) is 0 Å². The van der Waals surface area contributed by atoms with Crippen LogP contribution in [-0.2, 0) is 49.3 Å². The molecule has 0 aromatic heterocycles. The van der Waals surface area contributed by atoms with E-state index in [0.29, 0.717) is 12.8 Å². The third-order valence-electron chi connectivity index (χ3n) is 4.88. The van der Waals surface area contributed by atoms with Crippen molar-refractivity contribution >= 4 is 23.9 Å². The van der Waals surface area contributed by atoms with Crippen LogP contribution in [0.1, 0.15) is 46.1 Å². The van der Waals surface area contributed by atoms with E-state index in [0.717, 1.165) is 12.0 Å². The van der Waals surface area contributed by atoms with Gasteiger partial charge in [0, 0.05) is 27.7 Å². The predicted molar refractivity (Wildman–Crippen MR) is 111 cm³/mol. The Bertz CT molecular complexity index is 792. The molecule has 9 nitrogen and oxygen atoms in total. The zero-order valence-electron chi connectivity index (χ0n) is 18.8. The van der Waals surface area contributed by atoms with Crippen LogP contribution in [-0.4, -0.2) is 61.0 Å². The molecule has 0 unspecified atom stereocenters. The number of carbonyl (C=O) groups excluding carboxylic acids is 4. The van der Waals surface area contributed by atoms with Gasteiger partial charge < -0.3 is 23.7 Å².